The van der Waals surface area contributed by atoms with Gasteiger partial charge in [-0.1, -0.05) is 75.3 Å². The Morgan fingerprint density at radius 1 is 1.12 bits per heavy atom. The van der Waals surface area contributed by atoms with Gasteiger partial charge in [0.15, 0.2) is 8.32 Å². The number of thiazole rings is 1. The average Bonchev–Trinajstić information content (AvgIpc) is 3.23. The zero-order chi connectivity index (χ0) is 30.7. The second-order valence-corrected chi connectivity index (χ2v) is 21.7. The highest BCUT2D eigenvalue weighted by Crippen LogP contribution is 2.52. The minimum absolute atomic E-state index is 0.0333. The summed E-state index contributed by atoms with van der Waals surface area (Å²) in [6.45, 7) is 30.7. The molecule has 0 radical (unpaired) electrons. The largest absolute Gasteiger partial charge is 0.410 e. The number of ether oxygens (including phenoxy) is 1. The Kier molecular flexibility index (Phi) is 8.95. The summed E-state index contributed by atoms with van der Waals surface area (Å²) < 4.78 is 13.1. The maximum atomic E-state index is 12.3. The van der Waals surface area contributed by atoms with Crippen LogP contribution in [0.5, 0.6) is 0 Å². The van der Waals surface area contributed by atoms with E-state index in [1.807, 2.05) is 0 Å². The highest BCUT2D eigenvalue weighted by molar-refractivity contribution is 7.12. The summed E-state index contributed by atoms with van der Waals surface area (Å²) in [7, 11) is -2.11. The summed E-state index contributed by atoms with van der Waals surface area (Å²) >= 11 is 1.64. The number of fused-ring (bicyclic) bond motifs is 1. The minimum atomic E-state index is -2.11. The molecule has 0 amide bonds. The van der Waals surface area contributed by atoms with E-state index in [1.54, 1.807) is 11.3 Å². The Morgan fingerprint density at radius 3 is 2.29 bits per heavy atom. The molecular weight excluding hydrogens is 545 g/mol. The fourth-order valence-electron chi connectivity index (χ4n) is 6.10. The van der Waals surface area contributed by atoms with E-state index in [0.29, 0.717) is 13.2 Å². The summed E-state index contributed by atoms with van der Waals surface area (Å²) in [6.07, 6.45) is 3.94. The van der Waals surface area contributed by atoms with E-state index in [2.05, 4.69) is 95.3 Å². The number of hydrogen-bond donors (Lipinski definition) is 1. The molecule has 0 saturated heterocycles. The fraction of sp³-hybridized carbons (Fsp3) is 0.706. The molecule has 2 aromatic rings. The highest BCUT2D eigenvalue weighted by Gasteiger charge is 2.45. The molecular formula is C34H54N2O3SSi. The van der Waals surface area contributed by atoms with Gasteiger partial charge in [0.1, 0.15) is 11.1 Å². The molecule has 5 nitrogen and oxygen atoms in total. The van der Waals surface area contributed by atoms with Gasteiger partial charge in [-0.3, -0.25) is 4.98 Å². The number of aliphatic hydroxyl groups is 1. The molecule has 2 aliphatic rings. The van der Waals surface area contributed by atoms with Crippen molar-refractivity contribution in [1.82, 2.24) is 9.97 Å². The van der Waals surface area contributed by atoms with Gasteiger partial charge >= 0.3 is 0 Å². The quantitative estimate of drug-likeness (QED) is 0.336. The Hall–Kier alpha value is -1.38. The fourth-order valence-corrected chi connectivity index (χ4v) is 8.48. The van der Waals surface area contributed by atoms with Crippen LogP contribution in [-0.2, 0) is 21.0 Å². The highest BCUT2D eigenvalue weighted by atomic mass is 32.1. The van der Waals surface area contributed by atoms with E-state index < -0.39 is 14.4 Å². The van der Waals surface area contributed by atoms with Crippen LogP contribution >= 0.6 is 11.3 Å². The molecule has 1 aliphatic carbocycles. The van der Waals surface area contributed by atoms with Crippen LogP contribution in [0.2, 0.25) is 18.1 Å². The monoisotopic (exact) mass is 598 g/mol. The third-order valence-electron chi connectivity index (χ3n) is 9.16. The van der Waals surface area contributed by atoms with Crippen LogP contribution in [0.25, 0.3) is 5.57 Å². The lowest BCUT2D eigenvalue weighted by molar-refractivity contribution is 0.105. The molecule has 2 aromatic heterocycles. The predicted molar refractivity (Wildman–Crippen MR) is 174 cm³/mol. The van der Waals surface area contributed by atoms with Gasteiger partial charge in [0.2, 0.25) is 0 Å². The van der Waals surface area contributed by atoms with Crippen molar-refractivity contribution in [2.24, 2.45) is 5.41 Å². The first-order chi connectivity index (χ1) is 18.7. The summed E-state index contributed by atoms with van der Waals surface area (Å²) in [5, 5.41) is 13.1. The van der Waals surface area contributed by atoms with E-state index in [-0.39, 0.29) is 27.9 Å². The lowest BCUT2D eigenvalue weighted by Crippen LogP contribution is -2.44. The van der Waals surface area contributed by atoms with Crippen LogP contribution in [0, 0.1) is 12.3 Å². The number of aliphatic hydroxyl groups excluding tert-OH is 1. The first-order valence-electron chi connectivity index (χ1n) is 15.4. The molecule has 0 aromatic carbocycles. The van der Waals surface area contributed by atoms with E-state index in [0.717, 1.165) is 52.5 Å². The molecule has 2 atom stereocenters. The van der Waals surface area contributed by atoms with Crippen LogP contribution < -0.4 is 0 Å². The maximum absolute atomic E-state index is 12.3. The number of rotatable bonds is 6. The molecule has 0 saturated carbocycles. The standard InChI is InChI=1S/C34H54N2O3SSi/c1-20(2)28-27(29(37)31-35-21(3)30(40-31)32(4,5)6)25(22-14-16-38-17-15-22)26-23(36-28)18-34(10,11)19-24(26)39-41(12,13)33(7,8)9/h14,20,24,29,37H,15-19H2,1-13H3. The maximum Gasteiger partial charge on any atom is 0.192 e. The van der Waals surface area contributed by atoms with Gasteiger partial charge in [-0.2, -0.15) is 0 Å². The van der Waals surface area contributed by atoms with Crippen LogP contribution in [0.3, 0.4) is 0 Å². The van der Waals surface area contributed by atoms with Crippen molar-refractivity contribution < 1.29 is 14.3 Å². The Balaban J connectivity index is 2.04. The molecule has 2 unspecified atom stereocenters. The average molecular weight is 599 g/mol. The van der Waals surface area contributed by atoms with E-state index in [1.165, 1.54) is 16.0 Å². The third kappa shape index (κ3) is 6.59. The smallest absolute Gasteiger partial charge is 0.192 e. The van der Waals surface area contributed by atoms with Gasteiger partial charge < -0.3 is 14.3 Å². The minimum Gasteiger partial charge on any atom is -0.410 e. The van der Waals surface area contributed by atoms with Crippen LogP contribution in [0.1, 0.15) is 144 Å². The second-order valence-electron chi connectivity index (χ2n) is 15.9. The summed E-state index contributed by atoms with van der Waals surface area (Å²) in [4.78, 5) is 11.6. The number of aryl methyl sites for hydroxylation is 1. The molecule has 7 heteroatoms. The van der Waals surface area contributed by atoms with Crippen molar-refractivity contribution in [3.05, 3.63) is 49.7 Å². The Labute approximate surface area is 254 Å². The third-order valence-corrected chi connectivity index (χ3v) is 15.3. The number of hydrogen-bond acceptors (Lipinski definition) is 6. The van der Waals surface area contributed by atoms with Gasteiger partial charge in [0.25, 0.3) is 0 Å². The van der Waals surface area contributed by atoms with Crippen LogP contribution in [-0.4, -0.2) is 36.6 Å². The zero-order valence-electron chi connectivity index (χ0n) is 27.9. The van der Waals surface area contributed by atoms with Crippen molar-refractivity contribution in [3.63, 3.8) is 0 Å². The predicted octanol–water partition coefficient (Wildman–Crippen LogP) is 9.19. The Bertz CT molecular complexity index is 1310. The first-order valence-corrected chi connectivity index (χ1v) is 19.1. The zero-order valence-corrected chi connectivity index (χ0v) is 29.7. The lowest BCUT2D eigenvalue weighted by atomic mass is 9.71. The van der Waals surface area contributed by atoms with Gasteiger partial charge in [0, 0.05) is 21.7 Å². The molecule has 0 fully saturated rings. The van der Waals surface area contributed by atoms with E-state index in [4.69, 9.17) is 19.1 Å². The SMILES string of the molecule is Cc1nc(C(O)c2c(C(C)C)nc3c(c2C2=CCOCC2)C(O[Si](C)(C)C(C)(C)C)CC(C)(C)C3)sc1C(C)(C)C. The molecule has 0 spiro atoms. The van der Waals surface area contributed by atoms with Crippen LogP contribution in [0.15, 0.2) is 6.08 Å². The number of pyridine rings is 1. The van der Waals surface area contributed by atoms with E-state index in [9.17, 15) is 5.11 Å². The lowest BCUT2D eigenvalue weighted by Gasteiger charge is -2.45. The molecule has 4 rings (SSSR count). The van der Waals surface area contributed by atoms with Gasteiger partial charge in [-0.05, 0) is 72.2 Å². The van der Waals surface area contributed by atoms with Crippen LogP contribution in [0.4, 0.5) is 0 Å². The summed E-state index contributed by atoms with van der Waals surface area (Å²) in [6, 6.07) is 0. The molecule has 1 aliphatic heterocycles. The molecule has 41 heavy (non-hydrogen) atoms. The van der Waals surface area contributed by atoms with E-state index >= 15 is 0 Å². The topological polar surface area (TPSA) is 64.5 Å². The van der Waals surface area contributed by atoms with Crippen molar-refractivity contribution in [2.75, 3.05) is 13.2 Å². The molecule has 0 bridgehead atoms. The van der Waals surface area contributed by atoms with Crippen molar-refractivity contribution in [3.8, 4) is 0 Å². The first kappa shape index (κ1) is 32.5. The number of aromatic nitrogens is 2. The van der Waals surface area contributed by atoms with Crippen molar-refractivity contribution in [1.29, 1.82) is 0 Å². The van der Waals surface area contributed by atoms with Gasteiger partial charge in [-0.15, -0.1) is 11.3 Å². The molecule has 1 N–H and O–H groups in total. The van der Waals surface area contributed by atoms with Gasteiger partial charge in [-0.25, -0.2) is 4.98 Å². The Morgan fingerprint density at radius 2 is 1.78 bits per heavy atom. The molecule has 228 valence electrons. The second kappa shape index (κ2) is 11.3. The van der Waals surface area contributed by atoms with Gasteiger partial charge in [0.05, 0.1) is 30.7 Å². The van der Waals surface area contributed by atoms with Crippen molar-refractivity contribution >= 4 is 25.2 Å². The summed E-state index contributed by atoms with van der Waals surface area (Å²) in [5.41, 5.74) is 7.67. The normalized spacial score (nSPS) is 20.7. The molecule has 3 heterocycles. The van der Waals surface area contributed by atoms with Crippen molar-refractivity contribution in [2.45, 2.75) is 137 Å². The number of nitrogens with zero attached hydrogens (tertiary/aromatic N) is 2. The summed E-state index contributed by atoms with van der Waals surface area (Å²) in [5.74, 6) is 0.150.